The fourth-order valence-corrected chi connectivity index (χ4v) is 2.41. The number of rotatable bonds is 4. The maximum absolute atomic E-state index is 5.35. The summed E-state index contributed by atoms with van der Waals surface area (Å²) < 4.78 is 5.35. The lowest BCUT2D eigenvalue weighted by Gasteiger charge is -2.27. The molecule has 0 atom stereocenters. The summed E-state index contributed by atoms with van der Waals surface area (Å²) in [6.07, 6.45) is 2.54. The van der Waals surface area contributed by atoms with Gasteiger partial charge in [-0.15, -0.1) is 0 Å². The molecular formula is C12H24N3O. The van der Waals surface area contributed by atoms with Crippen LogP contribution in [0.3, 0.4) is 0 Å². The first-order valence-electron chi connectivity index (χ1n) is 6.61. The second-order valence-electron chi connectivity index (χ2n) is 4.67. The Hall–Kier alpha value is -0.160. The first-order valence-corrected chi connectivity index (χ1v) is 6.61. The average Bonchev–Trinajstić information content (AvgIpc) is 2.59. The maximum atomic E-state index is 5.35. The molecule has 2 heterocycles. The van der Waals surface area contributed by atoms with Gasteiger partial charge in [0.2, 0.25) is 0 Å². The van der Waals surface area contributed by atoms with E-state index in [0.717, 1.165) is 39.4 Å². The van der Waals surface area contributed by atoms with Crippen LogP contribution in [0.1, 0.15) is 12.8 Å². The number of nitrogens with zero attached hydrogens (tertiary/aromatic N) is 3. The van der Waals surface area contributed by atoms with E-state index >= 15 is 0 Å². The summed E-state index contributed by atoms with van der Waals surface area (Å²) in [6.45, 7) is 11.1. The maximum Gasteiger partial charge on any atom is 0.0594 e. The highest BCUT2D eigenvalue weighted by Gasteiger charge is 2.12. The first kappa shape index (κ1) is 12.3. The minimum atomic E-state index is 0.919. The quantitative estimate of drug-likeness (QED) is 0.677. The summed E-state index contributed by atoms with van der Waals surface area (Å²) in [5, 5.41) is 4.45. The second kappa shape index (κ2) is 7.22. The van der Waals surface area contributed by atoms with Gasteiger partial charge in [-0.05, 0) is 32.5 Å². The zero-order chi connectivity index (χ0) is 11.1. The van der Waals surface area contributed by atoms with Gasteiger partial charge in [0.1, 0.15) is 0 Å². The van der Waals surface area contributed by atoms with Gasteiger partial charge < -0.3 is 9.64 Å². The first-order chi connectivity index (χ1) is 7.95. The molecule has 2 aliphatic rings. The molecule has 0 N–H and O–H groups in total. The normalized spacial score (nSPS) is 25.5. The van der Waals surface area contributed by atoms with E-state index in [9.17, 15) is 0 Å². The van der Waals surface area contributed by atoms with Gasteiger partial charge in [-0.25, -0.2) is 5.32 Å². The number of hydrogen-bond donors (Lipinski definition) is 0. The summed E-state index contributed by atoms with van der Waals surface area (Å²) in [6, 6.07) is 0. The van der Waals surface area contributed by atoms with Gasteiger partial charge in [-0.2, -0.15) is 0 Å². The van der Waals surface area contributed by atoms with Crippen LogP contribution in [0.2, 0.25) is 0 Å². The molecule has 2 rings (SSSR count). The van der Waals surface area contributed by atoms with Crippen molar-refractivity contribution in [1.82, 2.24) is 15.1 Å². The minimum absolute atomic E-state index is 0.919. The average molecular weight is 226 g/mol. The molecule has 1 radical (unpaired) electrons. The zero-order valence-electron chi connectivity index (χ0n) is 10.2. The third-order valence-corrected chi connectivity index (χ3v) is 3.42. The lowest BCUT2D eigenvalue weighted by molar-refractivity contribution is 0.0362. The third kappa shape index (κ3) is 4.37. The molecule has 0 saturated carbocycles. The smallest absolute Gasteiger partial charge is 0.0594 e. The molecular weight excluding hydrogens is 202 g/mol. The summed E-state index contributed by atoms with van der Waals surface area (Å²) >= 11 is 0. The fourth-order valence-electron chi connectivity index (χ4n) is 2.41. The molecule has 4 nitrogen and oxygen atoms in total. The van der Waals surface area contributed by atoms with Gasteiger partial charge in [-0.1, -0.05) is 0 Å². The van der Waals surface area contributed by atoms with Crippen molar-refractivity contribution < 1.29 is 4.74 Å². The van der Waals surface area contributed by atoms with Crippen molar-refractivity contribution in [2.75, 3.05) is 65.6 Å². The van der Waals surface area contributed by atoms with E-state index < -0.39 is 0 Å². The van der Waals surface area contributed by atoms with Gasteiger partial charge in [0.05, 0.1) is 13.2 Å². The standard InChI is InChI=1S/C12H24N3O/c1-3-13-4-8-14(5-1)6-2-7-15-9-11-16-12-10-15/h1-12H2. The van der Waals surface area contributed by atoms with Crippen LogP contribution in [0.4, 0.5) is 0 Å². The van der Waals surface area contributed by atoms with E-state index in [2.05, 4.69) is 15.1 Å². The van der Waals surface area contributed by atoms with Crippen LogP contribution in [0.5, 0.6) is 0 Å². The molecule has 0 aromatic heterocycles. The molecule has 0 aliphatic carbocycles. The predicted molar refractivity (Wildman–Crippen MR) is 64.8 cm³/mol. The van der Waals surface area contributed by atoms with E-state index in [4.69, 9.17) is 4.74 Å². The SMILES string of the molecule is C1C[N]CCN(CCCN2CCOCC2)C1. The van der Waals surface area contributed by atoms with Crippen LogP contribution in [0.25, 0.3) is 0 Å². The molecule has 0 unspecified atom stereocenters. The zero-order valence-corrected chi connectivity index (χ0v) is 10.2. The molecule has 0 bridgehead atoms. The Morgan fingerprint density at radius 3 is 2.44 bits per heavy atom. The van der Waals surface area contributed by atoms with E-state index in [1.54, 1.807) is 0 Å². The monoisotopic (exact) mass is 226 g/mol. The minimum Gasteiger partial charge on any atom is -0.379 e. The Labute approximate surface area is 98.9 Å². The Bertz CT molecular complexity index is 175. The molecule has 0 aromatic carbocycles. The van der Waals surface area contributed by atoms with Crippen molar-refractivity contribution in [3.63, 3.8) is 0 Å². The largest absolute Gasteiger partial charge is 0.379 e. The van der Waals surface area contributed by atoms with Crippen molar-refractivity contribution in [1.29, 1.82) is 0 Å². The highest BCUT2D eigenvalue weighted by Crippen LogP contribution is 2.01. The van der Waals surface area contributed by atoms with E-state index in [-0.39, 0.29) is 0 Å². The van der Waals surface area contributed by atoms with Crippen LogP contribution >= 0.6 is 0 Å². The Morgan fingerprint density at radius 1 is 0.875 bits per heavy atom. The van der Waals surface area contributed by atoms with Crippen LogP contribution < -0.4 is 5.32 Å². The van der Waals surface area contributed by atoms with Gasteiger partial charge in [0.15, 0.2) is 0 Å². The molecule has 0 spiro atoms. The van der Waals surface area contributed by atoms with E-state index in [1.165, 1.54) is 39.0 Å². The Kier molecular flexibility index (Phi) is 5.55. The van der Waals surface area contributed by atoms with Gasteiger partial charge in [-0.3, -0.25) is 4.90 Å². The molecule has 0 aromatic rings. The van der Waals surface area contributed by atoms with E-state index in [1.807, 2.05) is 0 Å². The topological polar surface area (TPSA) is 29.8 Å². The fraction of sp³-hybridized carbons (Fsp3) is 1.00. The van der Waals surface area contributed by atoms with Crippen LogP contribution in [-0.2, 0) is 4.74 Å². The van der Waals surface area contributed by atoms with Crippen molar-refractivity contribution in [3.05, 3.63) is 0 Å². The van der Waals surface area contributed by atoms with Gasteiger partial charge in [0.25, 0.3) is 0 Å². The lowest BCUT2D eigenvalue weighted by Crippen LogP contribution is -2.38. The van der Waals surface area contributed by atoms with Crippen LogP contribution in [-0.4, -0.2) is 75.4 Å². The molecule has 16 heavy (non-hydrogen) atoms. The Balaban J connectivity index is 1.55. The summed E-state index contributed by atoms with van der Waals surface area (Å²) in [4.78, 5) is 5.09. The Morgan fingerprint density at radius 2 is 1.62 bits per heavy atom. The van der Waals surface area contributed by atoms with Crippen molar-refractivity contribution >= 4 is 0 Å². The molecule has 4 heteroatoms. The predicted octanol–water partition coefficient (Wildman–Crippen LogP) is 0.0188. The highest BCUT2D eigenvalue weighted by atomic mass is 16.5. The third-order valence-electron chi connectivity index (χ3n) is 3.42. The molecule has 93 valence electrons. The molecule has 2 aliphatic heterocycles. The molecule has 2 saturated heterocycles. The van der Waals surface area contributed by atoms with Crippen molar-refractivity contribution in [3.8, 4) is 0 Å². The highest BCUT2D eigenvalue weighted by molar-refractivity contribution is 4.67. The molecule has 0 amide bonds. The number of morpholine rings is 1. The van der Waals surface area contributed by atoms with E-state index in [0.29, 0.717) is 0 Å². The molecule has 2 fully saturated rings. The van der Waals surface area contributed by atoms with Gasteiger partial charge >= 0.3 is 0 Å². The van der Waals surface area contributed by atoms with Crippen LogP contribution in [0.15, 0.2) is 0 Å². The number of hydrogen-bond acceptors (Lipinski definition) is 3. The summed E-state index contributed by atoms with van der Waals surface area (Å²) in [5.74, 6) is 0. The van der Waals surface area contributed by atoms with Gasteiger partial charge in [0, 0.05) is 32.7 Å². The van der Waals surface area contributed by atoms with Crippen LogP contribution in [0, 0.1) is 0 Å². The van der Waals surface area contributed by atoms with Crippen molar-refractivity contribution in [2.24, 2.45) is 0 Å². The lowest BCUT2D eigenvalue weighted by atomic mass is 10.3. The van der Waals surface area contributed by atoms with Crippen molar-refractivity contribution in [2.45, 2.75) is 12.8 Å². The summed E-state index contributed by atoms with van der Waals surface area (Å²) in [7, 11) is 0. The summed E-state index contributed by atoms with van der Waals surface area (Å²) in [5.41, 5.74) is 0. The number of ether oxygens (including phenoxy) is 1. The second-order valence-corrected chi connectivity index (χ2v) is 4.67.